The number of carboxylic acid groups (broad SMARTS) is 1. The number of hydrogen-bond acceptors (Lipinski definition) is 6. The van der Waals surface area contributed by atoms with Crippen molar-refractivity contribution >= 4 is 63.2 Å². The van der Waals surface area contributed by atoms with Crippen molar-refractivity contribution in [2.24, 2.45) is 0 Å². The van der Waals surface area contributed by atoms with E-state index in [0.717, 1.165) is 9.64 Å². The monoisotopic (exact) mass is 515 g/mol. The minimum absolute atomic E-state index is 0.000344. The van der Waals surface area contributed by atoms with Crippen molar-refractivity contribution in [1.29, 1.82) is 0 Å². The van der Waals surface area contributed by atoms with Crippen molar-refractivity contribution in [2.45, 2.75) is 6.92 Å². The van der Waals surface area contributed by atoms with Gasteiger partial charge in [-0.2, -0.15) is 0 Å². The fraction of sp³-hybridized carbons (Fsp3) is 0.118. The van der Waals surface area contributed by atoms with E-state index in [0.29, 0.717) is 0 Å². The number of nitro groups is 1. The number of amides is 1. The molecule has 0 aliphatic carbocycles. The molecule has 3 N–H and O–H groups in total. The van der Waals surface area contributed by atoms with Crippen LogP contribution < -0.4 is 15.4 Å². The van der Waals surface area contributed by atoms with Crippen molar-refractivity contribution in [2.75, 3.05) is 11.9 Å². The molecule has 2 aromatic rings. The summed E-state index contributed by atoms with van der Waals surface area (Å²) in [6.07, 6.45) is 0. The summed E-state index contributed by atoms with van der Waals surface area (Å²) < 4.78 is 5.89. The third-order valence-electron chi connectivity index (χ3n) is 3.40. The molecule has 0 heterocycles. The molecular formula is C17H14IN3O6S. The molecule has 0 bridgehead atoms. The number of anilines is 1. The third kappa shape index (κ3) is 5.36. The highest BCUT2D eigenvalue weighted by Gasteiger charge is 2.19. The lowest BCUT2D eigenvalue weighted by Crippen LogP contribution is -2.34. The van der Waals surface area contributed by atoms with Crippen molar-refractivity contribution in [3.63, 3.8) is 0 Å². The van der Waals surface area contributed by atoms with Gasteiger partial charge in [0.1, 0.15) is 0 Å². The minimum Gasteiger partial charge on any atom is -0.487 e. The van der Waals surface area contributed by atoms with Crippen LogP contribution in [-0.4, -0.2) is 33.6 Å². The second kappa shape index (κ2) is 9.41. The van der Waals surface area contributed by atoms with Crippen molar-refractivity contribution in [3.05, 3.63) is 61.2 Å². The minimum atomic E-state index is -1.16. The summed E-state index contributed by atoms with van der Waals surface area (Å²) in [5.41, 5.74) is -0.157. The molecule has 1 amide bonds. The van der Waals surface area contributed by atoms with E-state index in [2.05, 4.69) is 10.6 Å². The van der Waals surface area contributed by atoms with Gasteiger partial charge in [-0.15, -0.1) is 0 Å². The Morgan fingerprint density at radius 2 is 2.00 bits per heavy atom. The highest BCUT2D eigenvalue weighted by Crippen LogP contribution is 2.28. The lowest BCUT2D eigenvalue weighted by atomic mass is 10.1. The van der Waals surface area contributed by atoms with Gasteiger partial charge < -0.3 is 15.2 Å². The number of rotatable bonds is 6. The molecule has 2 rings (SSSR count). The molecule has 0 unspecified atom stereocenters. The standard InChI is InChI=1S/C17H14IN3O6S/c1-2-27-14-6-3-9(7-13(14)21(25)26)15(22)20-17(28)19-12-5-4-10(18)8-11(12)16(23)24/h3-8H,2H2,1H3,(H,23,24)(H2,19,20,22,28). The average Bonchev–Trinajstić information content (AvgIpc) is 2.63. The summed E-state index contributed by atoms with van der Waals surface area (Å²) >= 11 is 7.02. The zero-order chi connectivity index (χ0) is 20.8. The lowest BCUT2D eigenvalue weighted by molar-refractivity contribution is -0.385. The van der Waals surface area contributed by atoms with Crippen LogP contribution in [0.5, 0.6) is 5.75 Å². The molecule has 0 saturated carbocycles. The number of nitrogens with one attached hydrogen (secondary N) is 2. The van der Waals surface area contributed by atoms with Gasteiger partial charge in [-0.05, 0) is 72.1 Å². The molecule has 0 aromatic heterocycles. The van der Waals surface area contributed by atoms with E-state index in [1.165, 1.54) is 24.3 Å². The van der Waals surface area contributed by atoms with E-state index in [-0.39, 0.29) is 40.0 Å². The number of nitrogens with zero attached hydrogens (tertiary/aromatic N) is 1. The smallest absolute Gasteiger partial charge is 0.337 e. The number of hydrogen-bond donors (Lipinski definition) is 3. The molecule has 146 valence electrons. The number of carbonyl (C=O) groups is 2. The SMILES string of the molecule is CCOc1ccc(C(=O)NC(=S)Nc2ccc(I)cc2C(=O)O)cc1[N+](=O)[O-]. The van der Waals surface area contributed by atoms with Crippen LogP contribution in [0.1, 0.15) is 27.6 Å². The molecular weight excluding hydrogens is 501 g/mol. The average molecular weight is 515 g/mol. The molecule has 2 aromatic carbocycles. The number of carbonyl (C=O) groups excluding carboxylic acids is 1. The number of carboxylic acids is 1. The molecule has 0 spiro atoms. The van der Waals surface area contributed by atoms with E-state index in [1.807, 2.05) is 22.6 Å². The summed E-state index contributed by atoms with van der Waals surface area (Å²) in [6.45, 7) is 1.92. The van der Waals surface area contributed by atoms with Crippen LogP contribution in [0.4, 0.5) is 11.4 Å². The largest absolute Gasteiger partial charge is 0.487 e. The summed E-state index contributed by atoms with van der Waals surface area (Å²) in [5.74, 6) is -1.79. The van der Waals surface area contributed by atoms with Crippen molar-refractivity contribution in [1.82, 2.24) is 5.32 Å². The molecule has 11 heteroatoms. The molecule has 28 heavy (non-hydrogen) atoms. The van der Waals surface area contributed by atoms with Gasteiger partial charge in [0, 0.05) is 15.2 Å². The maximum Gasteiger partial charge on any atom is 0.337 e. The number of nitro benzene ring substituents is 1. The van der Waals surface area contributed by atoms with Crippen LogP contribution in [0.15, 0.2) is 36.4 Å². The summed E-state index contributed by atoms with van der Waals surface area (Å²) in [5, 5.41) is 25.3. The van der Waals surface area contributed by atoms with E-state index < -0.39 is 16.8 Å². The zero-order valence-corrected chi connectivity index (χ0v) is 17.4. The zero-order valence-electron chi connectivity index (χ0n) is 14.4. The van der Waals surface area contributed by atoms with Crippen LogP contribution >= 0.6 is 34.8 Å². The van der Waals surface area contributed by atoms with Crippen LogP contribution in [0.2, 0.25) is 0 Å². The molecule has 9 nitrogen and oxygen atoms in total. The first-order valence-electron chi connectivity index (χ1n) is 7.79. The first kappa shape index (κ1) is 21.5. The Morgan fingerprint density at radius 3 is 2.61 bits per heavy atom. The van der Waals surface area contributed by atoms with Gasteiger partial charge in [-0.1, -0.05) is 0 Å². The summed E-state index contributed by atoms with van der Waals surface area (Å²) in [4.78, 5) is 34.2. The molecule has 0 aliphatic rings. The molecule has 0 radical (unpaired) electrons. The molecule has 0 aliphatic heterocycles. The van der Waals surface area contributed by atoms with Gasteiger partial charge in [-0.25, -0.2) is 4.79 Å². The Bertz CT molecular complexity index is 966. The first-order valence-corrected chi connectivity index (χ1v) is 9.28. The predicted octanol–water partition coefficient (Wildman–Crippen LogP) is 3.42. The second-order valence-corrected chi connectivity index (χ2v) is 6.93. The number of ether oxygens (including phenoxy) is 1. The Balaban J connectivity index is 2.17. The van der Waals surface area contributed by atoms with Crippen LogP contribution in [0.25, 0.3) is 0 Å². The number of halogens is 1. The van der Waals surface area contributed by atoms with Gasteiger partial charge in [0.25, 0.3) is 5.91 Å². The number of aromatic carboxylic acids is 1. The summed E-state index contributed by atoms with van der Waals surface area (Å²) in [6, 6.07) is 8.42. The fourth-order valence-electron chi connectivity index (χ4n) is 2.21. The maximum absolute atomic E-state index is 12.3. The van der Waals surface area contributed by atoms with Crippen LogP contribution in [0, 0.1) is 13.7 Å². The molecule has 0 atom stereocenters. The summed E-state index contributed by atoms with van der Waals surface area (Å²) in [7, 11) is 0. The lowest BCUT2D eigenvalue weighted by Gasteiger charge is -2.12. The number of benzene rings is 2. The number of thiocarbonyl (C=S) groups is 1. The van der Waals surface area contributed by atoms with Gasteiger partial charge in [0.15, 0.2) is 10.9 Å². The van der Waals surface area contributed by atoms with Crippen LogP contribution in [0.3, 0.4) is 0 Å². The third-order valence-corrected chi connectivity index (χ3v) is 4.28. The second-order valence-electron chi connectivity index (χ2n) is 5.28. The van der Waals surface area contributed by atoms with Gasteiger partial charge in [0.2, 0.25) is 0 Å². The van der Waals surface area contributed by atoms with Crippen molar-refractivity contribution < 1.29 is 24.4 Å². The Kier molecular flexibility index (Phi) is 7.23. The fourth-order valence-corrected chi connectivity index (χ4v) is 2.90. The highest BCUT2D eigenvalue weighted by molar-refractivity contribution is 14.1. The molecule has 0 saturated heterocycles. The quantitative estimate of drug-likeness (QED) is 0.231. The predicted molar refractivity (Wildman–Crippen MR) is 114 cm³/mol. The van der Waals surface area contributed by atoms with Gasteiger partial charge in [-0.3, -0.25) is 20.2 Å². The van der Waals surface area contributed by atoms with E-state index in [1.54, 1.807) is 13.0 Å². The Hall–Kier alpha value is -2.80. The van der Waals surface area contributed by atoms with Gasteiger partial charge >= 0.3 is 11.7 Å². The normalized spacial score (nSPS) is 10.1. The Labute approximate surface area is 178 Å². The topological polar surface area (TPSA) is 131 Å². The van der Waals surface area contributed by atoms with E-state index in [9.17, 15) is 24.8 Å². The van der Waals surface area contributed by atoms with E-state index in [4.69, 9.17) is 17.0 Å². The molecule has 0 fully saturated rings. The van der Waals surface area contributed by atoms with E-state index >= 15 is 0 Å². The highest BCUT2D eigenvalue weighted by atomic mass is 127. The van der Waals surface area contributed by atoms with Crippen LogP contribution in [-0.2, 0) is 0 Å². The van der Waals surface area contributed by atoms with Crippen molar-refractivity contribution in [3.8, 4) is 5.75 Å². The van der Waals surface area contributed by atoms with Gasteiger partial charge in [0.05, 0.1) is 22.8 Å². The Morgan fingerprint density at radius 1 is 1.29 bits per heavy atom. The first-order chi connectivity index (χ1) is 13.2. The maximum atomic E-state index is 12.3.